The van der Waals surface area contributed by atoms with Crippen molar-refractivity contribution in [3.8, 4) is 17.9 Å². The molecule has 1 heteroatoms. The maximum atomic E-state index is 8.08. The van der Waals surface area contributed by atoms with Crippen LogP contribution in [0.5, 0.6) is 0 Å². The summed E-state index contributed by atoms with van der Waals surface area (Å²) in [5, 5.41) is 8.08. The first kappa shape index (κ1) is 8.05. The lowest BCUT2D eigenvalue weighted by molar-refractivity contribution is 0.628. The summed E-state index contributed by atoms with van der Waals surface area (Å²) in [6.07, 6.45) is 2.09. The van der Waals surface area contributed by atoms with Crippen LogP contribution in [0.3, 0.4) is 0 Å². The summed E-state index contributed by atoms with van der Waals surface area (Å²) in [5.41, 5.74) is 0. The summed E-state index contributed by atoms with van der Waals surface area (Å²) in [6.45, 7) is 4.17. The predicted molar refractivity (Wildman–Crippen MR) is 37.5 cm³/mol. The SMILES string of the molecule is CCC(C#CC#N)CC. The molecule has 0 aromatic carbocycles. The van der Waals surface area contributed by atoms with Crippen LogP contribution in [0.4, 0.5) is 0 Å². The van der Waals surface area contributed by atoms with Crippen LogP contribution in [0.15, 0.2) is 0 Å². The summed E-state index contributed by atoms with van der Waals surface area (Å²) in [4.78, 5) is 0. The van der Waals surface area contributed by atoms with E-state index in [1.807, 2.05) is 0 Å². The molecule has 0 rings (SSSR count). The third kappa shape index (κ3) is 3.62. The second-order valence-corrected chi connectivity index (χ2v) is 1.89. The topological polar surface area (TPSA) is 23.8 Å². The first-order chi connectivity index (χ1) is 4.35. The average Bonchev–Trinajstić information content (AvgIpc) is 1.91. The normalized spacial score (nSPS) is 7.78. The lowest BCUT2D eigenvalue weighted by Crippen LogP contribution is -1.90. The predicted octanol–water partition coefficient (Wildman–Crippen LogP) is 1.95. The first-order valence-corrected chi connectivity index (χ1v) is 3.24. The minimum atomic E-state index is 0.421. The third-order valence-corrected chi connectivity index (χ3v) is 1.32. The molecule has 0 aromatic heterocycles. The van der Waals surface area contributed by atoms with Crippen LogP contribution >= 0.6 is 0 Å². The molecule has 0 radical (unpaired) electrons. The van der Waals surface area contributed by atoms with E-state index in [0.29, 0.717) is 5.92 Å². The zero-order valence-electron chi connectivity index (χ0n) is 5.94. The fourth-order valence-electron chi connectivity index (χ4n) is 0.627. The number of hydrogen-bond acceptors (Lipinski definition) is 1. The molecule has 0 unspecified atom stereocenters. The van der Waals surface area contributed by atoms with Gasteiger partial charge in [0.1, 0.15) is 0 Å². The Morgan fingerprint density at radius 2 is 1.89 bits per heavy atom. The highest BCUT2D eigenvalue weighted by Gasteiger charge is 1.94. The molecule has 9 heavy (non-hydrogen) atoms. The van der Waals surface area contributed by atoms with Gasteiger partial charge in [-0.3, -0.25) is 0 Å². The van der Waals surface area contributed by atoms with Crippen LogP contribution in [-0.2, 0) is 0 Å². The summed E-state index contributed by atoms with van der Waals surface area (Å²) in [6, 6.07) is 1.81. The second kappa shape index (κ2) is 5.19. The third-order valence-electron chi connectivity index (χ3n) is 1.32. The summed E-state index contributed by atoms with van der Waals surface area (Å²) >= 11 is 0. The van der Waals surface area contributed by atoms with Crippen LogP contribution in [0.2, 0.25) is 0 Å². The van der Waals surface area contributed by atoms with E-state index in [1.54, 1.807) is 6.07 Å². The van der Waals surface area contributed by atoms with Crippen molar-refractivity contribution >= 4 is 0 Å². The quantitative estimate of drug-likeness (QED) is 0.512. The van der Waals surface area contributed by atoms with Crippen molar-refractivity contribution in [2.45, 2.75) is 26.7 Å². The number of nitriles is 1. The Labute approximate surface area is 56.7 Å². The van der Waals surface area contributed by atoms with Gasteiger partial charge in [-0.1, -0.05) is 19.8 Å². The van der Waals surface area contributed by atoms with Gasteiger partial charge in [0.15, 0.2) is 6.07 Å². The van der Waals surface area contributed by atoms with Crippen molar-refractivity contribution in [1.29, 1.82) is 5.26 Å². The van der Waals surface area contributed by atoms with Gasteiger partial charge in [0.2, 0.25) is 0 Å². The molecular weight excluding hydrogens is 110 g/mol. The molecule has 0 bridgehead atoms. The lowest BCUT2D eigenvalue weighted by Gasteiger charge is -1.98. The Morgan fingerprint density at radius 1 is 1.33 bits per heavy atom. The largest absolute Gasteiger partial charge is 0.183 e. The van der Waals surface area contributed by atoms with Crippen LogP contribution < -0.4 is 0 Å². The van der Waals surface area contributed by atoms with E-state index in [4.69, 9.17) is 5.26 Å². The van der Waals surface area contributed by atoms with E-state index >= 15 is 0 Å². The Hall–Kier alpha value is -0.950. The average molecular weight is 121 g/mol. The number of hydrogen-bond donors (Lipinski definition) is 0. The highest BCUT2D eigenvalue weighted by Crippen LogP contribution is 2.03. The molecule has 0 aliphatic heterocycles. The molecular formula is C8H11N. The van der Waals surface area contributed by atoms with Gasteiger partial charge >= 0.3 is 0 Å². The molecule has 1 nitrogen and oxygen atoms in total. The molecule has 0 N–H and O–H groups in total. The van der Waals surface area contributed by atoms with Crippen LogP contribution in [0, 0.1) is 29.1 Å². The van der Waals surface area contributed by atoms with E-state index in [2.05, 4.69) is 25.7 Å². The standard InChI is InChI=1S/C8H11N/c1-3-8(4-2)6-5-7-9/h8H,3-4H2,1-2H3. The molecule has 0 aromatic rings. The van der Waals surface area contributed by atoms with E-state index in [1.165, 1.54) is 0 Å². The van der Waals surface area contributed by atoms with Crippen molar-refractivity contribution in [2.75, 3.05) is 0 Å². The minimum Gasteiger partial charge on any atom is -0.183 e. The van der Waals surface area contributed by atoms with Crippen LogP contribution in [0.25, 0.3) is 0 Å². The number of rotatable bonds is 2. The lowest BCUT2D eigenvalue weighted by atomic mass is 10.1. The summed E-state index contributed by atoms with van der Waals surface area (Å²) in [7, 11) is 0. The smallest absolute Gasteiger partial charge is 0.152 e. The monoisotopic (exact) mass is 121 g/mol. The highest BCUT2D eigenvalue weighted by atomic mass is 14.2. The van der Waals surface area contributed by atoms with Gasteiger partial charge in [-0.05, 0) is 12.8 Å². The van der Waals surface area contributed by atoms with Crippen LogP contribution in [0.1, 0.15) is 26.7 Å². The van der Waals surface area contributed by atoms with Crippen molar-refractivity contribution in [2.24, 2.45) is 5.92 Å². The first-order valence-electron chi connectivity index (χ1n) is 3.24. The zero-order valence-corrected chi connectivity index (χ0v) is 5.94. The van der Waals surface area contributed by atoms with E-state index in [-0.39, 0.29) is 0 Å². The Morgan fingerprint density at radius 3 is 2.22 bits per heavy atom. The fraction of sp³-hybridized carbons (Fsp3) is 0.625. The minimum absolute atomic E-state index is 0.421. The van der Waals surface area contributed by atoms with Crippen molar-refractivity contribution in [3.05, 3.63) is 0 Å². The summed E-state index contributed by atoms with van der Waals surface area (Å²) in [5.74, 6) is 5.68. The maximum absolute atomic E-state index is 8.08. The van der Waals surface area contributed by atoms with Gasteiger partial charge < -0.3 is 0 Å². The van der Waals surface area contributed by atoms with Crippen molar-refractivity contribution in [3.63, 3.8) is 0 Å². The highest BCUT2D eigenvalue weighted by molar-refractivity contribution is 5.18. The molecule has 0 saturated carbocycles. The van der Waals surface area contributed by atoms with E-state index in [0.717, 1.165) is 12.8 Å². The molecule has 0 aliphatic rings. The van der Waals surface area contributed by atoms with Gasteiger partial charge in [0.05, 0.1) is 0 Å². The maximum Gasteiger partial charge on any atom is 0.152 e. The van der Waals surface area contributed by atoms with Crippen LogP contribution in [-0.4, -0.2) is 0 Å². The molecule has 0 aliphatic carbocycles. The molecule has 0 spiro atoms. The second-order valence-electron chi connectivity index (χ2n) is 1.89. The Kier molecular flexibility index (Phi) is 4.64. The fourth-order valence-corrected chi connectivity index (χ4v) is 0.627. The molecule has 0 saturated heterocycles. The Balaban J connectivity index is 3.71. The van der Waals surface area contributed by atoms with Crippen molar-refractivity contribution < 1.29 is 0 Å². The number of nitrogens with zero attached hydrogens (tertiary/aromatic N) is 1. The van der Waals surface area contributed by atoms with Gasteiger partial charge in [0, 0.05) is 11.8 Å². The molecule has 0 fully saturated rings. The van der Waals surface area contributed by atoms with Gasteiger partial charge in [-0.15, -0.1) is 0 Å². The summed E-state index contributed by atoms with van der Waals surface area (Å²) < 4.78 is 0. The zero-order chi connectivity index (χ0) is 7.11. The van der Waals surface area contributed by atoms with Gasteiger partial charge in [0.25, 0.3) is 0 Å². The molecule has 0 heterocycles. The van der Waals surface area contributed by atoms with E-state index < -0.39 is 0 Å². The molecule has 0 atom stereocenters. The van der Waals surface area contributed by atoms with Gasteiger partial charge in [-0.2, -0.15) is 5.26 Å². The van der Waals surface area contributed by atoms with E-state index in [9.17, 15) is 0 Å². The molecule has 48 valence electrons. The Bertz CT molecular complexity index is 150. The van der Waals surface area contributed by atoms with Crippen molar-refractivity contribution in [1.82, 2.24) is 0 Å². The molecule has 0 amide bonds. The van der Waals surface area contributed by atoms with Gasteiger partial charge in [-0.25, -0.2) is 0 Å².